The first-order valence-electron chi connectivity index (χ1n) is 7.08. The zero-order chi connectivity index (χ0) is 13.4. The molecular formula is C16H21NO2. The molecule has 0 aromatic heterocycles. The van der Waals surface area contributed by atoms with Gasteiger partial charge in [-0.3, -0.25) is 4.79 Å². The molecule has 1 aromatic rings. The van der Waals surface area contributed by atoms with E-state index in [4.69, 9.17) is 4.74 Å². The largest absolute Gasteiger partial charge is 0.497 e. The number of hydrogen-bond acceptors (Lipinski definition) is 2. The van der Waals surface area contributed by atoms with Crippen molar-refractivity contribution in [3.63, 3.8) is 0 Å². The fraction of sp³-hybridized carbons (Fsp3) is 0.562. The fourth-order valence-corrected chi connectivity index (χ4v) is 2.75. The Morgan fingerprint density at radius 2 is 2.00 bits per heavy atom. The van der Waals surface area contributed by atoms with Crippen molar-refractivity contribution in [3.8, 4) is 5.75 Å². The molecule has 2 fully saturated rings. The zero-order valence-electron chi connectivity index (χ0n) is 11.6. The molecule has 1 aromatic carbocycles. The molecule has 0 N–H and O–H groups in total. The van der Waals surface area contributed by atoms with Gasteiger partial charge in [-0.15, -0.1) is 0 Å². The van der Waals surface area contributed by atoms with Crippen molar-refractivity contribution < 1.29 is 9.53 Å². The van der Waals surface area contributed by atoms with Gasteiger partial charge < -0.3 is 9.64 Å². The first kappa shape index (κ1) is 12.5. The Balaban J connectivity index is 1.58. The Morgan fingerprint density at radius 3 is 2.58 bits per heavy atom. The van der Waals surface area contributed by atoms with E-state index in [0.717, 1.165) is 24.6 Å². The minimum atomic E-state index is 0.206. The molecule has 0 spiro atoms. The third-order valence-electron chi connectivity index (χ3n) is 4.26. The van der Waals surface area contributed by atoms with E-state index >= 15 is 0 Å². The first-order valence-corrected chi connectivity index (χ1v) is 7.08. The molecule has 2 aliphatic rings. The quantitative estimate of drug-likeness (QED) is 0.813. The van der Waals surface area contributed by atoms with E-state index in [1.807, 2.05) is 24.1 Å². The molecule has 102 valence electrons. The number of amides is 1. The summed E-state index contributed by atoms with van der Waals surface area (Å²) < 4.78 is 5.16. The second kappa shape index (κ2) is 4.87. The molecule has 3 nitrogen and oxygen atoms in total. The molecular weight excluding hydrogens is 238 g/mol. The standard InChI is InChI=1S/C16H21NO2/c1-17(10-11-3-4-11)16(18)15-9-14(15)12-5-7-13(19-2)8-6-12/h5-8,11,14-15H,3-4,9-10H2,1-2H3/t14-,15-/m0/s1. The van der Waals surface area contributed by atoms with Crippen LogP contribution in [0.1, 0.15) is 30.7 Å². The van der Waals surface area contributed by atoms with Crippen LogP contribution in [0.3, 0.4) is 0 Å². The first-order chi connectivity index (χ1) is 9.19. The molecule has 0 aliphatic heterocycles. The van der Waals surface area contributed by atoms with E-state index in [1.54, 1.807) is 7.11 Å². The number of carbonyl (C=O) groups is 1. The van der Waals surface area contributed by atoms with Crippen LogP contribution in [0.25, 0.3) is 0 Å². The molecule has 0 radical (unpaired) electrons. The van der Waals surface area contributed by atoms with E-state index in [0.29, 0.717) is 11.8 Å². The highest BCUT2D eigenvalue weighted by molar-refractivity contribution is 5.82. The van der Waals surface area contributed by atoms with Gasteiger partial charge in [0.15, 0.2) is 0 Å². The van der Waals surface area contributed by atoms with Crippen molar-refractivity contribution >= 4 is 5.91 Å². The molecule has 2 atom stereocenters. The van der Waals surface area contributed by atoms with Crippen LogP contribution in [0.5, 0.6) is 5.75 Å². The van der Waals surface area contributed by atoms with E-state index in [2.05, 4.69) is 12.1 Å². The number of nitrogens with zero attached hydrogens (tertiary/aromatic N) is 1. The normalized spacial score (nSPS) is 24.9. The Morgan fingerprint density at radius 1 is 1.32 bits per heavy atom. The number of methoxy groups -OCH3 is 1. The van der Waals surface area contributed by atoms with E-state index < -0.39 is 0 Å². The van der Waals surface area contributed by atoms with Crippen molar-refractivity contribution in [3.05, 3.63) is 29.8 Å². The van der Waals surface area contributed by atoms with Crippen molar-refractivity contribution in [2.75, 3.05) is 20.7 Å². The van der Waals surface area contributed by atoms with Gasteiger partial charge in [0.1, 0.15) is 5.75 Å². The van der Waals surface area contributed by atoms with Crippen LogP contribution in [0.15, 0.2) is 24.3 Å². The van der Waals surface area contributed by atoms with Crippen LogP contribution < -0.4 is 4.74 Å². The maximum absolute atomic E-state index is 12.3. The predicted molar refractivity (Wildman–Crippen MR) is 74.2 cm³/mol. The summed E-state index contributed by atoms with van der Waals surface area (Å²) in [4.78, 5) is 14.2. The van der Waals surface area contributed by atoms with Gasteiger partial charge in [0.2, 0.25) is 5.91 Å². The molecule has 0 bridgehead atoms. The van der Waals surface area contributed by atoms with Crippen LogP contribution >= 0.6 is 0 Å². The summed E-state index contributed by atoms with van der Waals surface area (Å²) in [6.45, 7) is 0.949. The second-order valence-electron chi connectivity index (χ2n) is 5.88. The molecule has 0 saturated heterocycles. The van der Waals surface area contributed by atoms with Crippen molar-refractivity contribution in [2.24, 2.45) is 11.8 Å². The predicted octanol–water partition coefficient (Wildman–Crippen LogP) is 2.67. The summed E-state index contributed by atoms with van der Waals surface area (Å²) >= 11 is 0. The van der Waals surface area contributed by atoms with Crippen molar-refractivity contribution in [1.29, 1.82) is 0 Å². The molecule has 2 saturated carbocycles. The zero-order valence-corrected chi connectivity index (χ0v) is 11.6. The number of benzene rings is 1. The molecule has 0 unspecified atom stereocenters. The maximum atomic E-state index is 12.3. The molecule has 3 heteroatoms. The number of hydrogen-bond donors (Lipinski definition) is 0. The highest BCUT2D eigenvalue weighted by Gasteiger charge is 2.45. The van der Waals surface area contributed by atoms with Crippen molar-refractivity contribution in [2.45, 2.75) is 25.2 Å². The minimum Gasteiger partial charge on any atom is -0.497 e. The van der Waals surface area contributed by atoms with Gasteiger partial charge in [0.25, 0.3) is 0 Å². The molecule has 1 amide bonds. The van der Waals surface area contributed by atoms with Gasteiger partial charge in [-0.05, 0) is 48.8 Å². The fourth-order valence-electron chi connectivity index (χ4n) is 2.75. The monoisotopic (exact) mass is 259 g/mol. The molecule has 3 rings (SSSR count). The SMILES string of the molecule is COc1ccc([C@@H]2C[C@@H]2C(=O)N(C)CC2CC2)cc1. The third kappa shape index (κ3) is 2.75. The summed E-state index contributed by atoms with van der Waals surface area (Å²) in [5.74, 6) is 2.59. The molecule has 0 heterocycles. The summed E-state index contributed by atoms with van der Waals surface area (Å²) in [5.41, 5.74) is 1.26. The Kier molecular flexibility index (Phi) is 3.21. The maximum Gasteiger partial charge on any atom is 0.226 e. The van der Waals surface area contributed by atoms with Crippen LogP contribution in [0.2, 0.25) is 0 Å². The smallest absolute Gasteiger partial charge is 0.226 e. The van der Waals surface area contributed by atoms with Crippen LogP contribution in [0, 0.1) is 11.8 Å². The van der Waals surface area contributed by atoms with E-state index in [-0.39, 0.29) is 5.92 Å². The summed E-state index contributed by atoms with van der Waals surface area (Å²) in [6, 6.07) is 8.11. The van der Waals surface area contributed by atoms with Gasteiger partial charge >= 0.3 is 0 Å². The Bertz CT molecular complexity index is 464. The highest BCUT2D eigenvalue weighted by atomic mass is 16.5. The number of ether oxygens (including phenoxy) is 1. The molecule has 2 aliphatic carbocycles. The third-order valence-corrected chi connectivity index (χ3v) is 4.26. The molecule has 19 heavy (non-hydrogen) atoms. The minimum absolute atomic E-state index is 0.206. The number of rotatable bonds is 5. The van der Waals surface area contributed by atoms with Gasteiger partial charge in [-0.2, -0.15) is 0 Å². The lowest BCUT2D eigenvalue weighted by molar-refractivity contribution is -0.131. The van der Waals surface area contributed by atoms with E-state index in [1.165, 1.54) is 18.4 Å². The average molecular weight is 259 g/mol. The second-order valence-corrected chi connectivity index (χ2v) is 5.88. The average Bonchev–Trinajstić information content (AvgIpc) is 3.32. The van der Waals surface area contributed by atoms with E-state index in [9.17, 15) is 4.79 Å². The van der Waals surface area contributed by atoms with Crippen LogP contribution in [0.4, 0.5) is 0 Å². The lowest BCUT2D eigenvalue weighted by Gasteiger charge is -2.16. The lowest BCUT2D eigenvalue weighted by Crippen LogP contribution is -2.30. The summed E-state index contributed by atoms with van der Waals surface area (Å²) in [5, 5.41) is 0. The van der Waals surface area contributed by atoms with Crippen molar-refractivity contribution in [1.82, 2.24) is 4.90 Å². The Labute approximate surface area is 114 Å². The number of carbonyl (C=O) groups excluding carboxylic acids is 1. The topological polar surface area (TPSA) is 29.5 Å². The summed E-state index contributed by atoms with van der Waals surface area (Å²) in [7, 11) is 3.62. The van der Waals surface area contributed by atoms with Gasteiger partial charge in [0, 0.05) is 19.5 Å². The van der Waals surface area contributed by atoms with Gasteiger partial charge in [0.05, 0.1) is 7.11 Å². The summed E-state index contributed by atoms with van der Waals surface area (Å²) in [6.07, 6.45) is 3.59. The van der Waals surface area contributed by atoms with Gasteiger partial charge in [-0.1, -0.05) is 12.1 Å². The lowest BCUT2D eigenvalue weighted by atomic mass is 10.1. The highest BCUT2D eigenvalue weighted by Crippen LogP contribution is 2.48. The Hall–Kier alpha value is -1.51. The van der Waals surface area contributed by atoms with Crippen LogP contribution in [-0.4, -0.2) is 31.5 Å². The van der Waals surface area contributed by atoms with Crippen LogP contribution in [-0.2, 0) is 4.79 Å². The van der Waals surface area contributed by atoms with Gasteiger partial charge in [-0.25, -0.2) is 0 Å².